The number of hydrogen-bond donors (Lipinski definition) is 1. The van der Waals surface area contributed by atoms with Crippen LogP contribution in [-0.2, 0) is 20.2 Å². The van der Waals surface area contributed by atoms with E-state index >= 15 is 0 Å². The number of hydrogen-bond acceptors (Lipinski definition) is 9. The van der Waals surface area contributed by atoms with Crippen molar-refractivity contribution in [1.82, 2.24) is 13.7 Å². The largest absolute Gasteiger partial charge is 1.00 e. The minimum Gasteiger partial charge on any atom is -0.845 e. The first-order chi connectivity index (χ1) is 10.5. The van der Waals surface area contributed by atoms with Gasteiger partial charge in [-0.2, -0.15) is 18.4 Å². The second-order valence-corrected chi connectivity index (χ2v) is 7.79. The fourth-order valence-corrected chi connectivity index (χ4v) is 2.96. The fourth-order valence-electron chi connectivity index (χ4n) is 1.12. The molecule has 130 valence electrons. The van der Waals surface area contributed by atoms with Crippen LogP contribution in [0.1, 0.15) is 0 Å². The zero-order valence-electron chi connectivity index (χ0n) is 13.5. The number of nitrogens with zero attached hydrogens (tertiary/aromatic N) is 4. The average molecular weight is 391 g/mol. The zero-order chi connectivity index (χ0) is 17.8. The molecule has 0 aromatic carbocycles. The van der Waals surface area contributed by atoms with E-state index in [-0.39, 0.29) is 51.0 Å². The van der Waals surface area contributed by atoms with E-state index in [1.807, 2.05) is 5.32 Å². The number of amidine groups is 1. The Bertz CT molecular complexity index is 789. The monoisotopic (exact) mass is 391 g/mol. The van der Waals surface area contributed by atoms with Crippen LogP contribution in [0.4, 0.5) is 5.95 Å². The van der Waals surface area contributed by atoms with Gasteiger partial charge in [-0.3, -0.25) is 0 Å². The maximum atomic E-state index is 11.7. The quantitative estimate of drug-likeness (QED) is 0.281. The Morgan fingerprint density at radius 3 is 2.04 bits per heavy atom. The Kier molecular flexibility index (Phi) is 8.34. The molecule has 0 bridgehead atoms. The van der Waals surface area contributed by atoms with Gasteiger partial charge in [0.05, 0.1) is 32.6 Å². The Morgan fingerprint density at radius 2 is 1.67 bits per heavy atom. The molecule has 0 radical (unpaired) electrons. The molecule has 0 aliphatic heterocycles. The van der Waals surface area contributed by atoms with Gasteiger partial charge in [-0.15, -0.1) is 4.40 Å². The van der Waals surface area contributed by atoms with Crippen LogP contribution >= 0.6 is 0 Å². The molecule has 15 heteroatoms. The van der Waals surface area contributed by atoms with Crippen molar-refractivity contribution in [2.45, 2.75) is 0 Å². The van der Waals surface area contributed by atoms with Crippen LogP contribution in [0.5, 0.6) is 11.8 Å². The Morgan fingerprint density at radius 1 is 1.21 bits per heavy atom. The predicted octanol–water partition coefficient (Wildman–Crippen LogP) is -5.24. The summed E-state index contributed by atoms with van der Waals surface area (Å²) in [6.07, 6.45) is 0.647. The number of aromatic nitrogens is 2. The van der Waals surface area contributed by atoms with Crippen LogP contribution in [0.25, 0.3) is 0 Å². The molecule has 0 aliphatic carbocycles. The summed E-state index contributed by atoms with van der Waals surface area (Å²) < 4.78 is 58.1. The molecule has 0 unspecified atom stereocenters. The van der Waals surface area contributed by atoms with Gasteiger partial charge >= 0.3 is 39.8 Å². The van der Waals surface area contributed by atoms with Crippen LogP contribution in [0.3, 0.4) is 0 Å². The first-order valence-corrected chi connectivity index (χ1v) is 8.94. The van der Waals surface area contributed by atoms with Crippen molar-refractivity contribution in [3.63, 3.8) is 0 Å². The molecule has 24 heavy (non-hydrogen) atoms. The summed E-state index contributed by atoms with van der Waals surface area (Å²) in [5.41, 5.74) is 0. The molecule has 0 spiro atoms. The molecule has 0 fully saturated rings. The molecule has 12 nitrogen and oxygen atoms in total. The summed E-state index contributed by atoms with van der Waals surface area (Å²) in [5.74, 6) is -0.251. The normalized spacial score (nSPS) is 12.5. The van der Waals surface area contributed by atoms with E-state index in [1.165, 1.54) is 20.3 Å². The van der Waals surface area contributed by atoms with Crippen LogP contribution in [0.15, 0.2) is 10.5 Å². The predicted molar refractivity (Wildman–Crippen MR) is 77.7 cm³/mol. The third-order valence-electron chi connectivity index (χ3n) is 2.31. The fraction of sp³-hybridized carbons (Fsp3) is 0.444. The molecule has 1 N–H and O–H groups in total. The van der Waals surface area contributed by atoms with Gasteiger partial charge in [0.2, 0.25) is 27.7 Å². The summed E-state index contributed by atoms with van der Waals surface area (Å²) in [6.45, 7) is 0. The molecule has 0 saturated heterocycles. The first kappa shape index (κ1) is 22.8. The second kappa shape index (κ2) is 8.77. The van der Waals surface area contributed by atoms with Crippen molar-refractivity contribution in [2.75, 3.05) is 32.8 Å². The first-order valence-electron chi connectivity index (χ1n) is 5.69. The topological polar surface area (TPSA) is 163 Å². The van der Waals surface area contributed by atoms with E-state index in [9.17, 15) is 21.9 Å². The number of ether oxygens (including phenoxy) is 2. The van der Waals surface area contributed by atoms with E-state index in [0.29, 0.717) is 6.26 Å². The second-order valence-electron chi connectivity index (χ2n) is 3.92. The number of methoxy groups -OCH3 is 2. The molecule has 1 aromatic rings. The van der Waals surface area contributed by atoms with Crippen LogP contribution in [0, 0.1) is 0 Å². The van der Waals surface area contributed by atoms with E-state index in [0.717, 1.165) is 7.05 Å². The molecule has 1 rings (SSSR count). The van der Waals surface area contributed by atoms with Crippen LogP contribution < -0.4 is 49.5 Å². The molecule has 0 atom stereocenters. The Balaban J connectivity index is 0.00000529. The van der Waals surface area contributed by atoms with Crippen molar-refractivity contribution < 1.29 is 61.0 Å². The number of nitrogens with one attached hydrogen (secondary N) is 1. The van der Waals surface area contributed by atoms with Crippen molar-refractivity contribution in [2.24, 2.45) is 4.40 Å². The summed E-state index contributed by atoms with van der Waals surface area (Å²) in [5, 5.41) is 13.6. The van der Waals surface area contributed by atoms with E-state index < -0.39 is 26.3 Å². The summed E-state index contributed by atoms with van der Waals surface area (Å²) in [4.78, 5) is 7.46. The molecule has 0 amide bonds. The van der Waals surface area contributed by atoms with Gasteiger partial charge in [-0.25, -0.2) is 8.42 Å². The molecule has 1 aromatic heterocycles. The summed E-state index contributed by atoms with van der Waals surface area (Å²) in [6, 6.07) is -0.0724. The Hall–Kier alpha value is -1.19. The van der Waals surface area contributed by atoms with Gasteiger partial charge in [0, 0.05) is 7.05 Å². The maximum Gasteiger partial charge on any atom is 1.00 e. The summed E-state index contributed by atoms with van der Waals surface area (Å²) >= 11 is 0. The number of rotatable bonds is 6. The van der Waals surface area contributed by atoms with Gasteiger partial charge in [-0.05, 0) is 0 Å². The van der Waals surface area contributed by atoms with E-state index in [1.54, 1.807) is 0 Å². The SMILES string of the molecule is COc1cc(OC)nc(NC([O-])=NS(=O)(=O)N(C)S(C)(=O)=O)n1.[Na+]. The number of anilines is 1. The maximum absolute atomic E-state index is 11.7. The number of sulfonamides is 1. The minimum atomic E-state index is -4.73. The van der Waals surface area contributed by atoms with Gasteiger partial charge in [0.25, 0.3) is 0 Å². The molecule has 0 saturated carbocycles. The van der Waals surface area contributed by atoms with Crippen molar-refractivity contribution in [3.05, 3.63) is 6.07 Å². The summed E-state index contributed by atoms with van der Waals surface area (Å²) in [7, 11) is -5.47. The van der Waals surface area contributed by atoms with E-state index in [4.69, 9.17) is 9.47 Å². The van der Waals surface area contributed by atoms with Crippen LogP contribution in [0.2, 0.25) is 0 Å². The van der Waals surface area contributed by atoms with Crippen molar-refractivity contribution in [1.29, 1.82) is 0 Å². The third-order valence-corrected chi connectivity index (χ3v) is 5.66. The Labute approximate surface area is 161 Å². The molecular formula is C9H14N5NaO7S2. The van der Waals surface area contributed by atoms with Crippen molar-refractivity contribution in [3.8, 4) is 11.8 Å². The van der Waals surface area contributed by atoms with Gasteiger partial charge in [0.1, 0.15) is 0 Å². The zero-order valence-corrected chi connectivity index (χ0v) is 17.2. The minimum absolute atomic E-state index is 0. The van der Waals surface area contributed by atoms with Gasteiger partial charge in [0.15, 0.2) is 0 Å². The molecule has 0 aliphatic rings. The van der Waals surface area contributed by atoms with Gasteiger partial charge in [-0.1, -0.05) is 3.71 Å². The smallest absolute Gasteiger partial charge is 0.845 e. The molecule has 1 heterocycles. The average Bonchev–Trinajstić information content (AvgIpc) is 2.44. The van der Waals surface area contributed by atoms with Crippen molar-refractivity contribution >= 4 is 32.2 Å². The molecular weight excluding hydrogens is 377 g/mol. The van der Waals surface area contributed by atoms with Gasteiger partial charge < -0.3 is 19.9 Å². The standard InChI is InChI=1S/C9H15N5O7S2.Na/c1-14(22(4,16)17)23(18,19)13-9(15)12-8-10-6(20-2)5-7(11-8)21-3;/h5H,1-4H3,(H2,10,11,12,13,15);/q;+1/p-1. The van der Waals surface area contributed by atoms with Crippen LogP contribution in [-0.4, -0.2) is 64.1 Å². The van der Waals surface area contributed by atoms with E-state index in [2.05, 4.69) is 14.4 Å². The third kappa shape index (κ3) is 6.37.